The second-order valence-corrected chi connectivity index (χ2v) is 5.66. The molecule has 21 heavy (non-hydrogen) atoms. The van der Waals surface area contributed by atoms with E-state index in [2.05, 4.69) is 15.9 Å². The van der Waals surface area contributed by atoms with Gasteiger partial charge in [0, 0.05) is 4.47 Å². The standard InChI is InChI=1S/C15H8BrF2NO2/c1-7-2-8(16)4-9(3-7)19-14(20)10-5-12(17)13(18)6-11(10)15(19)21/h2-6H,1H3. The van der Waals surface area contributed by atoms with Crippen LogP contribution in [0.1, 0.15) is 26.3 Å². The van der Waals surface area contributed by atoms with Crippen molar-refractivity contribution < 1.29 is 18.4 Å². The van der Waals surface area contributed by atoms with Gasteiger partial charge in [0.05, 0.1) is 16.8 Å². The molecule has 0 radical (unpaired) electrons. The topological polar surface area (TPSA) is 37.4 Å². The van der Waals surface area contributed by atoms with Crippen LogP contribution in [0, 0.1) is 18.6 Å². The molecule has 0 N–H and O–H groups in total. The van der Waals surface area contributed by atoms with E-state index in [4.69, 9.17) is 0 Å². The van der Waals surface area contributed by atoms with Crippen molar-refractivity contribution in [3.8, 4) is 0 Å². The molecule has 0 unspecified atom stereocenters. The zero-order valence-corrected chi connectivity index (χ0v) is 12.4. The van der Waals surface area contributed by atoms with E-state index in [1.165, 1.54) is 0 Å². The van der Waals surface area contributed by atoms with Crippen molar-refractivity contribution >= 4 is 33.4 Å². The Balaban J connectivity index is 2.15. The van der Waals surface area contributed by atoms with Crippen LogP contribution < -0.4 is 4.90 Å². The molecule has 1 aliphatic rings. The number of imide groups is 1. The first-order chi connectivity index (χ1) is 9.88. The number of fused-ring (bicyclic) bond motifs is 1. The van der Waals surface area contributed by atoms with Gasteiger partial charge in [-0.25, -0.2) is 13.7 Å². The van der Waals surface area contributed by atoms with Crippen LogP contribution in [-0.2, 0) is 0 Å². The molecular weight excluding hydrogens is 344 g/mol. The maximum Gasteiger partial charge on any atom is 0.266 e. The fourth-order valence-corrected chi connectivity index (χ4v) is 2.91. The molecule has 2 aromatic carbocycles. The van der Waals surface area contributed by atoms with E-state index < -0.39 is 23.4 Å². The highest BCUT2D eigenvalue weighted by Crippen LogP contribution is 2.31. The van der Waals surface area contributed by atoms with Gasteiger partial charge in [0.2, 0.25) is 0 Å². The third kappa shape index (κ3) is 2.15. The first kappa shape index (κ1) is 13.9. The fraction of sp³-hybridized carbons (Fsp3) is 0.0667. The summed E-state index contributed by atoms with van der Waals surface area (Å²) in [6.45, 7) is 1.81. The summed E-state index contributed by atoms with van der Waals surface area (Å²) in [4.78, 5) is 25.5. The minimum absolute atomic E-state index is 0.128. The van der Waals surface area contributed by atoms with Gasteiger partial charge in [0.1, 0.15) is 0 Å². The molecule has 0 saturated heterocycles. The SMILES string of the molecule is Cc1cc(Br)cc(N2C(=O)c3cc(F)c(F)cc3C2=O)c1. The summed E-state index contributed by atoms with van der Waals surface area (Å²) in [6, 6.07) is 6.59. The summed E-state index contributed by atoms with van der Waals surface area (Å²) in [5, 5.41) is 0. The van der Waals surface area contributed by atoms with E-state index in [1.807, 2.05) is 13.0 Å². The quantitative estimate of drug-likeness (QED) is 0.732. The van der Waals surface area contributed by atoms with E-state index in [0.29, 0.717) is 10.2 Å². The zero-order valence-electron chi connectivity index (χ0n) is 10.8. The predicted octanol–water partition coefficient (Wildman–Crippen LogP) is 3.84. The highest BCUT2D eigenvalue weighted by molar-refractivity contribution is 9.10. The lowest BCUT2D eigenvalue weighted by Gasteiger charge is -2.15. The Morgan fingerprint density at radius 1 is 0.905 bits per heavy atom. The van der Waals surface area contributed by atoms with Crippen LogP contribution in [0.4, 0.5) is 14.5 Å². The molecule has 1 heterocycles. The molecule has 6 heteroatoms. The Labute approximate surface area is 127 Å². The Hall–Kier alpha value is -2.08. The number of amides is 2. The fourth-order valence-electron chi connectivity index (χ4n) is 2.31. The third-order valence-corrected chi connectivity index (χ3v) is 3.67. The van der Waals surface area contributed by atoms with Gasteiger partial charge in [-0.3, -0.25) is 9.59 Å². The summed E-state index contributed by atoms with van der Waals surface area (Å²) in [5.74, 6) is -3.62. The average molecular weight is 352 g/mol. The number of rotatable bonds is 1. The first-order valence-corrected chi connectivity index (χ1v) is 6.83. The van der Waals surface area contributed by atoms with Crippen LogP contribution in [0.25, 0.3) is 0 Å². The van der Waals surface area contributed by atoms with E-state index in [1.54, 1.807) is 12.1 Å². The molecule has 3 nitrogen and oxygen atoms in total. The Bertz CT molecular complexity index is 743. The second kappa shape index (κ2) is 4.73. The van der Waals surface area contributed by atoms with Crippen molar-refractivity contribution in [1.82, 2.24) is 0 Å². The second-order valence-electron chi connectivity index (χ2n) is 4.74. The van der Waals surface area contributed by atoms with Gasteiger partial charge in [-0.05, 0) is 42.8 Å². The smallest absolute Gasteiger partial charge is 0.266 e. The van der Waals surface area contributed by atoms with Gasteiger partial charge in [0.25, 0.3) is 11.8 Å². The van der Waals surface area contributed by atoms with Crippen LogP contribution >= 0.6 is 15.9 Å². The zero-order chi connectivity index (χ0) is 15.3. The average Bonchev–Trinajstić information content (AvgIpc) is 2.62. The predicted molar refractivity (Wildman–Crippen MR) is 76.4 cm³/mol. The van der Waals surface area contributed by atoms with Gasteiger partial charge >= 0.3 is 0 Å². The molecule has 0 bridgehead atoms. The van der Waals surface area contributed by atoms with Crippen molar-refractivity contribution in [1.29, 1.82) is 0 Å². The minimum atomic E-state index is -1.15. The number of hydrogen-bond acceptors (Lipinski definition) is 2. The Kier molecular flexibility index (Phi) is 3.13. The van der Waals surface area contributed by atoms with Crippen molar-refractivity contribution in [3.63, 3.8) is 0 Å². The molecule has 0 spiro atoms. The highest BCUT2D eigenvalue weighted by Gasteiger charge is 2.38. The summed E-state index contributed by atoms with van der Waals surface area (Å²) >= 11 is 3.29. The molecular formula is C15H8BrF2NO2. The molecule has 0 fully saturated rings. The number of carbonyl (C=O) groups is 2. The van der Waals surface area contributed by atoms with Crippen LogP contribution in [0.2, 0.25) is 0 Å². The first-order valence-electron chi connectivity index (χ1n) is 6.03. The van der Waals surface area contributed by atoms with Crippen LogP contribution in [-0.4, -0.2) is 11.8 Å². The maximum absolute atomic E-state index is 13.3. The largest absolute Gasteiger partial charge is 0.268 e. The van der Waals surface area contributed by atoms with Gasteiger partial charge in [-0.2, -0.15) is 0 Å². The number of benzene rings is 2. The molecule has 3 rings (SSSR count). The third-order valence-electron chi connectivity index (χ3n) is 3.21. The summed E-state index contributed by atoms with van der Waals surface area (Å²) in [6.07, 6.45) is 0. The van der Waals surface area contributed by atoms with E-state index in [0.717, 1.165) is 22.6 Å². The van der Waals surface area contributed by atoms with E-state index >= 15 is 0 Å². The van der Waals surface area contributed by atoms with E-state index in [9.17, 15) is 18.4 Å². The molecule has 1 aliphatic heterocycles. The molecule has 0 aliphatic carbocycles. The van der Waals surface area contributed by atoms with Gasteiger partial charge < -0.3 is 0 Å². The molecule has 2 amide bonds. The Morgan fingerprint density at radius 2 is 1.43 bits per heavy atom. The number of carbonyl (C=O) groups excluding carboxylic acids is 2. The number of halogens is 3. The van der Waals surface area contributed by atoms with Gasteiger partial charge in [-0.1, -0.05) is 15.9 Å². The summed E-state index contributed by atoms with van der Waals surface area (Å²) < 4.78 is 27.2. The summed E-state index contributed by atoms with van der Waals surface area (Å²) in [5.41, 5.74) is 0.940. The summed E-state index contributed by atoms with van der Waals surface area (Å²) in [7, 11) is 0. The molecule has 0 aromatic heterocycles. The lowest BCUT2D eigenvalue weighted by atomic mass is 10.1. The number of nitrogens with zero attached hydrogens (tertiary/aromatic N) is 1. The normalized spacial score (nSPS) is 13.8. The number of anilines is 1. The van der Waals surface area contributed by atoms with Gasteiger partial charge in [0.15, 0.2) is 11.6 Å². The van der Waals surface area contributed by atoms with Crippen LogP contribution in [0.3, 0.4) is 0 Å². The molecule has 2 aromatic rings. The van der Waals surface area contributed by atoms with Crippen molar-refractivity contribution in [3.05, 3.63) is 63.1 Å². The lowest BCUT2D eigenvalue weighted by Crippen LogP contribution is -2.29. The number of hydrogen-bond donors (Lipinski definition) is 0. The monoisotopic (exact) mass is 351 g/mol. The van der Waals surface area contributed by atoms with Crippen molar-refractivity contribution in [2.45, 2.75) is 6.92 Å². The van der Waals surface area contributed by atoms with Crippen LogP contribution in [0.5, 0.6) is 0 Å². The van der Waals surface area contributed by atoms with E-state index in [-0.39, 0.29) is 11.1 Å². The highest BCUT2D eigenvalue weighted by atomic mass is 79.9. The maximum atomic E-state index is 13.3. The Morgan fingerprint density at radius 3 is 1.90 bits per heavy atom. The molecule has 0 atom stereocenters. The van der Waals surface area contributed by atoms with Crippen molar-refractivity contribution in [2.75, 3.05) is 4.90 Å². The minimum Gasteiger partial charge on any atom is -0.268 e. The number of aryl methyl sites for hydroxylation is 1. The molecule has 106 valence electrons. The lowest BCUT2D eigenvalue weighted by molar-refractivity contribution is 0.0926. The van der Waals surface area contributed by atoms with Gasteiger partial charge in [-0.15, -0.1) is 0 Å². The van der Waals surface area contributed by atoms with Crippen LogP contribution in [0.15, 0.2) is 34.8 Å². The molecule has 0 saturated carbocycles. The van der Waals surface area contributed by atoms with Crippen molar-refractivity contribution in [2.24, 2.45) is 0 Å².